The van der Waals surface area contributed by atoms with Crippen molar-refractivity contribution in [3.63, 3.8) is 0 Å². The van der Waals surface area contributed by atoms with Crippen molar-refractivity contribution in [1.82, 2.24) is 0 Å². The first-order valence-electron chi connectivity index (χ1n) is 14.5. The molecule has 0 unspecified atom stereocenters. The zero-order valence-electron chi connectivity index (χ0n) is 23.5. The van der Waals surface area contributed by atoms with Crippen LogP contribution in [0.1, 0.15) is 99.8 Å². The average Bonchev–Trinajstić information content (AvgIpc) is 3.30. The Bertz CT molecular complexity index is 987. The van der Waals surface area contributed by atoms with E-state index in [1.807, 2.05) is 13.8 Å². The van der Waals surface area contributed by atoms with E-state index in [0.29, 0.717) is 37.2 Å². The first-order valence-corrected chi connectivity index (χ1v) is 14.5. The number of Topliss-reactive ketones (excluding diaryl/α,β-unsaturated/α-hetero) is 1. The van der Waals surface area contributed by atoms with Crippen molar-refractivity contribution in [2.24, 2.45) is 45.3 Å². The monoisotopic (exact) mass is 500 g/mol. The van der Waals surface area contributed by atoms with Gasteiger partial charge in [0.1, 0.15) is 6.10 Å². The van der Waals surface area contributed by atoms with E-state index in [1.165, 1.54) is 12.0 Å². The highest BCUT2D eigenvalue weighted by Crippen LogP contribution is 2.77. The molecule has 3 aliphatic heterocycles. The predicted octanol–water partition coefficient (Wildman–Crippen LogP) is 5.42. The van der Waals surface area contributed by atoms with Crippen LogP contribution < -0.4 is 0 Å². The number of rotatable bonds is 4. The molecule has 5 nitrogen and oxygen atoms in total. The Hall–Kier alpha value is -0.750. The van der Waals surface area contributed by atoms with Gasteiger partial charge in [0.15, 0.2) is 11.6 Å². The van der Waals surface area contributed by atoms with Crippen LogP contribution in [0.15, 0.2) is 11.6 Å². The van der Waals surface area contributed by atoms with Gasteiger partial charge in [-0.15, -0.1) is 0 Å². The molecule has 7 rings (SSSR count). The van der Waals surface area contributed by atoms with Crippen LogP contribution >= 0.6 is 0 Å². The van der Waals surface area contributed by atoms with Gasteiger partial charge in [-0.25, -0.2) is 0 Å². The molecule has 5 heteroatoms. The van der Waals surface area contributed by atoms with E-state index in [0.717, 1.165) is 32.1 Å². The van der Waals surface area contributed by atoms with Gasteiger partial charge in [-0.1, -0.05) is 39.3 Å². The molecule has 4 saturated carbocycles. The number of fused-ring (bicyclic) bond motifs is 5. The highest BCUT2D eigenvalue weighted by Gasteiger charge is 2.75. The van der Waals surface area contributed by atoms with Gasteiger partial charge in [-0.2, -0.15) is 0 Å². The summed E-state index contributed by atoms with van der Waals surface area (Å²) in [5.74, 6) is 0.592. The molecule has 0 aromatic carbocycles. The summed E-state index contributed by atoms with van der Waals surface area (Å²) in [5, 5.41) is 23.3. The van der Waals surface area contributed by atoms with Gasteiger partial charge in [-0.05, 0) is 93.8 Å². The van der Waals surface area contributed by atoms with Crippen LogP contribution in [0.25, 0.3) is 0 Å². The number of ether oxygens (including phenoxy) is 2. The number of aliphatic hydroxyl groups is 2. The molecule has 0 aromatic rings. The highest BCUT2D eigenvalue weighted by molar-refractivity contribution is 5.87. The van der Waals surface area contributed by atoms with Crippen molar-refractivity contribution in [3.05, 3.63) is 11.6 Å². The van der Waals surface area contributed by atoms with E-state index in [2.05, 4.69) is 40.7 Å². The third kappa shape index (κ3) is 3.01. The first-order chi connectivity index (χ1) is 16.6. The van der Waals surface area contributed by atoms with Crippen molar-refractivity contribution in [1.29, 1.82) is 0 Å². The lowest BCUT2D eigenvalue weighted by Gasteiger charge is -2.74. The Labute approximate surface area is 217 Å². The number of epoxide rings is 1. The minimum atomic E-state index is -1.03. The topological polar surface area (TPSA) is 79.3 Å². The van der Waals surface area contributed by atoms with Gasteiger partial charge < -0.3 is 19.7 Å². The molecule has 0 aromatic heterocycles. The number of hydrogen-bond acceptors (Lipinski definition) is 5. The smallest absolute Gasteiger partial charge is 0.170 e. The Morgan fingerprint density at radius 2 is 1.67 bits per heavy atom. The summed E-state index contributed by atoms with van der Waals surface area (Å²) >= 11 is 0. The summed E-state index contributed by atoms with van der Waals surface area (Å²) in [7, 11) is 0. The minimum absolute atomic E-state index is 0.0365. The standard InChI is InChI=1S/C31H48O5/c1-18(8-9-21(32)25-27(4,5)36-25)19-10-12-28(6)20(19)16-22(33)24-29(28,7)13-11-23-26(2,3)31(34)15-14-30(23,24)17-35-31/h8,19-20,22-25,33-34H,9-17H2,1-7H3/b18-8-/t19-,20+,22+,23-,24+,25-,28-,29-,30-,31+/m1/s1. The van der Waals surface area contributed by atoms with E-state index < -0.39 is 5.79 Å². The number of allylic oxidation sites excluding steroid dienone is 2. The van der Waals surface area contributed by atoms with Crippen molar-refractivity contribution in [2.75, 3.05) is 6.61 Å². The number of ketones is 1. The Kier molecular flexibility index (Phi) is 5.29. The molecule has 10 atom stereocenters. The second-order valence-corrected chi connectivity index (χ2v) is 15.2. The molecule has 3 heterocycles. The van der Waals surface area contributed by atoms with E-state index in [9.17, 15) is 15.0 Å². The van der Waals surface area contributed by atoms with Gasteiger partial charge in [0.05, 0.1) is 18.3 Å². The van der Waals surface area contributed by atoms with Crippen molar-refractivity contribution < 1.29 is 24.5 Å². The molecule has 0 radical (unpaired) electrons. The zero-order chi connectivity index (χ0) is 26.1. The van der Waals surface area contributed by atoms with Crippen LogP contribution in [0.4, 0.5) is 0 Å². The van der Waals surface area contributed by atoms with E-state index >= 15 is 0 Å². The van der Waals surface area contributed by atoms with E-state index in [4.69, 9.17) is 9.47 Å². The molecule has 36 heavy (non-hydrogen) atoms. The van der Waals surface area contributed by atoms with Crippen LogP contribution in [0.3, 0.4) is 0 Å². The number of carbonyl (C=O) groups excluding carboxylic acids is 1. The third-order valence-corrected chi connectivity index (χ3v) is 13.3. The highest BCUT2D eigenvalue weighted by atomic mass is 16.6. The van der Waals surface area contributed by atoms with Gasteiger partial charge in [-0.3, -0.25) is 4.79 Å². The van der Waals surface area contributed by atoms with Gasteiger partial charge in [0.2, 0.25) is 0 Å². The van der Waals surface area contributed by atoms with Gasteiger partial charge in [0.25, 0.3) is 0 Å². The SMILES string of the molecule is C/C(=C/CC(=O)[C@H]1OC1(C)C)[C@H]1CC[C@]2(C)[C@H]1C[C@H](O)[C@@H]1[C@]34CC[C@](O)(OC3)C(C)(C)[C@H]4CC[C@]12C. The molecule has 0 amide bonds. The molecule has 1 spiro atoms. The summed E-state index contributed by atoms with van der Waals surface area (Å²) < 4.78 is 11.8. The van der Waals surface area contributed by atoms with Crippen LogP contribution in [-0.2, 0) is 14.3 Å². The second-order valence-electron chi connectivity index (χ2n) is 15.2. The molecule has 4 aliphatic carbocycles. The molecule has 2 bridgehead atoms. The lowest BCUT2D eigenvalue weighted by Crippen LogP contribution is -2.75. The van der Waals surface area contributed by atoms with Crippen molar-refractivity contribution in [2.45, 2.75) is 123 Å². The van der Waals surface area contributed by atoms with Gasteiger partial charge in [0, 0.05) is 23.7 Å². The fourth-order valence-corrected chi connectivity index (χ4v) is 11.0. The summed E-state index contributed by atoms with van der Waals surface area (Å²) in [6, 6.07) is 0. The summed E-state index contributed by atoms with van der Waals surface area (Å²) in [5.41, 5.74) is 0.854. The van der Waals surface area contributed by atoms with Crippen LogP contribution in [-0.4, -0.2) is 46.2 Å². The van der Waals surface area contributed by atoms with Gasteiger partial charge >= 0.3 is 0 Å². The molecular weight excluding hydrogens is 452 g/mol. The van der Waals surface area contributed by atoms with Crippen LogP contribution in [0.2, 0.25) is 0 Å². The van der Waals surface area contributed by atoms with Crippen molar-refractivity contribution in [3.8, 4) is 0 Å². The average molecular weight is 501 g/mol. The summed E-state index contributed by atoms with van der Waals surface area (Å²) in [4.78, 5) is 12.6. The molecular formula is C31H48O5. The van der Waals surface area contributed by atoms with Crippen LogP contribution in [0, 0.1) is 45.3 Å². The zero-order valence-corrected chi connectivity index (χ0v) is 23.5. The lowest BCUT2D eigenvalue weighted by atomic mass is 9.33. The maximum atomic E-state index is 12.6. The number of carbonyl (C=O) groups is 1. The fraction of sp³-hybridized carbons (Fsp3) is 0.903. The lowest BCUT2D eigenvalue weighted by molar-refractivity contribution is -0.404. The largest absolute Gasteiger partial charge is 0.393 e. The Morgan fingerprint density at radius 1 is 1.00 bits per heavy atom. The first kappa shape index (κ1) is 25.5. The Morgan fingerprint density at radius 3 is 2.28 bits per heavy atom. The number of hydrogen-bond donors (Lipinski definition) is 2. The molecule has 7 aliphatic rings. The van der Waals surface area contributed by atoms with E-state index in [-0.39, 0.29) is 51.2 Å². The molecule has 202 valence electrons. The molecule has 3 saturated heterocycles. The normalized spacial score (nSPS) is 54.4. The molecule has 7 fully saturated rings. The van der Waals surface area contributed by atoms with Crippen LogP contribution in [0.5, 0.6) is 0 Å². The minimum Gasteiger partial charge on any atom is -0.393 e. The van der Waals surface area contributed by atoms with Crippen molar-refractivity contribution >= 4 is 5.78 Å². The Balaban J connectivity index is 1.28. The quantitative estimate of drug-likeness (QED) is 0.398. The predicted molar refractivity (Wildman–Crippen MR) is 138 cm³/mol. The molecule has 2 N–H and O–H groups in total. The number of aliphatic hydroxyl groups excluding tert-OH is 1. The summed E-state index contributed by atoms with van der Waals surface area (Å²) in [6.45, 7) is 16.1. The second kappa shape index (κ2) is 7.46. The maximum Gasteiger partial charge on any atom is 0.170 e. The fourth-order valence-electron chi connectivity index (χ4n) is 11.0. The van der Waals surface area contributed by atoms with E-state index in [1.54, 1.807) is 0 Å². The third-order valence-electron chi connectivity index (χ3n) is 13.3. The summed E-state index contributed by atoms with van der Waals surface area (Å²) in [6.07, 6.45) is 8.99. The maximum absolute atomic E-state index is 12.6.